The molecule has 1 N–H and O–H groups in total. The zero-order valence-corrected chi connectivity index (χ0v) is 12.3. The number of rotatable bonds is 5. The zero-order valence-electron chi connectivity index (χ0n) is 12.3. The number of ether oxygens (including phenoxy) is 1. The normalized spacial score (nSPS) is 19.3. The van der Waals surface area contributed by atoms with E-state index in [2.05, 4.69) is 4.90 Å². The van der Waals surface area contributed by atoms with E-state index >= 15 is 0 Å². The van der Waals surface area contributed by atoms with E-state index in [-0.39, 0.29) is 0 Å². The second-order valence-electron chi connectivity index (χ2n) is 5.38. The summed E-state index contributed by atoms with van der Waals surface area (Å²) in [5.74, 6) is -0.00815. The summed E-state index contributed by atoms with van der Waals surface area (Å²) in [4.78, 5) is 13.9. The average Bonchev–Trinajstić information content (AvgIpc) is 2.48. The molecule has 1 atom stereocenters. The predicted molar refractivity (Wildman–Crippen MR) is 78.0 cm³/mol. The van der Waals surface area contributed by atoms with E-state index in [4.69, 9.17) is 4.74 Å². The highest BCUT2D eigenvalue weighted by atomic mass is 16.5. The van der Waals surface area contributed by atoms with Crippen molar-refractivity contribution in [3.05, 3.63) is 29.8 Å². The Morgan fingerprint density at radius 1 is 1.25 bits per heavy atom. The van der Waals surface area contributed by atoms with Crippen LogP contribution in [-0.2, 0) is 10.3 Å². The molecule has 1 fully saturated rings. The second-order valence-corrected chi connectivity index (χ2v) is 5.38. The molecular weight excluding hydrogens is 254 g/mol. The van der Waals surface area contributed by atoms with Crippen molar-refractivity contribution in [2.24, 2.45) is 0 Å². The summed E-state index contributed by atoms with van der Waals surface area (Å²) in [5, 5.41) is 9.74. The van der Waals surface area contributed by atoms with Crippen LogP contribution in [0.2, 0.25) is 0 Å². The van der Waals surface area contributed by atoms with Gasteiger partial charge in [0.25, 0.3) is 0 Å². The lowest BCUT2D eigenvalue weighted by Crippen LogP contribution is -2.51. The van der Waals surface area contributed by atoms with E-state index in [1.165, 1.54) is 6.42 Å². The van der Waals surface area contributed by atoms with Gasteiger partial charge in [-0.05, 0) is 57.5 Å². The number of aliphatic carboxylic acids is 1. The number of benzene rings is 1. The molecule has 1 aromatic rings. The topological polar surface area (TPSA) is 49.8 Å². The van der Waals surface area contributed by atoms with E-state index in [0.717, 1.165) is 37.2 Å². The average molecular weight is 277 g/mol. The molecule has 0 bridgehead atoms. The minimum atomic E-state index is -0.953. The molecule has 0 aromatic heterocycles. The molecule has 1 heterocycles. The van der Waals surface area contributed by atoms with Gasteiger partial charge in [-0.3, -0.25) is 4.90 Å². The maximum Gasteiger partial charge on any atom is 0.328 e. The van der Waals surface area contributed by atoms with Crippen molar-refractivity contribution in [1.29, 1.82) is 0 Å². The first-order valence-electron chi connectivity index (χ1n) is 7.31. The second kappa shape index (κ2) is 6.27. The van der Waals surface area contributed by atoms with E-state index in [0.29, 0.717) is 6.61 Å². The Labute approximate surface area is 120 Å². The maximum atomic E-state index is 11.9. The molecule has 0 aliphatic carbocycles. The minimum Gasteiger partial charge on any atom is -0.494 e. The Bertz CT molecular complexity index is 451. The highest BCUT2D eigenvalue weighted by Crippen LogP contribution is 2.32. The number of piperidine rings is 1. The molecule has 4 heteroatoms. The fourth-order valence-electron chi connectivity index (χ4n) is 2.82. The predicted octanol–water partition coefficient (Wildman–Crippen LogP) is 2.87. The Morgan fingerprint density at radius 2 is 1.85 bits per heavy atom. The van der Waals surface area contributed by atoms with Crippen molar-refractivity contribution >= 4 is 5.97 Å². The van der Waals surface area contributed by atoms with Gasteiger partial charge in [-0.2, -0.15) is 0 Å². The smallest absolute Gasteiger partial charge is 0.328 e. The summed E-state index contributed by atoms with van der Waals surface area (Å²) in [6, 6.07) is 7.44. The lowest BCUT2D eigenvalue weighted by atomic mass is 9.88. The maximum absolute atomic E-state index is 11.9. The molecule has 1 aromatic carbocycles. The van der Waals surface area contributed by atoms with Crippen LogP contribution in [0, 0.1) is 0 Å². The summed E-state index contributed by atoms with van der Waals surface area (Å²) in [5.41, 5.74) is -0.138. The van der Waals surface area contributed by atoms with Crippen LogP contribution in [0.5, 0.6) is 5.75 Å². The van der Waals surface area contributed by atoms with E-state index in [9.17, 15) is 9.90 Å². The molecule has 110 valence electrons. The van der Waals surface area contributed by atoms with Crippen molar-refractivity contribution in [2.75, 3.05) is 19.7 Å². The van der Waals surface area contributed by atoms with Gasteiger partial charge in [0.05, 0.1) is 6.61 Å². The molecule has 1 aliphatic rings. The van der Waals surface area contributed by atoms with Crippen molar-refractivity contribution in [3.63, 3.8) is 0 Å². The molecule has 1 aliphatic heterocycles. The van der Waals surface area contributed by atoms with Crippen LogP contribution in [0.3, 0.4) is 0 Å². The third-order valence-corrected chi connectivity index (χ3v) is 4.13. The third-order valence-electron chi connectivity index (χ3n) is 4.13. The largest absolute Gasteiger partial charge is 0.494 e. The van der Waals surface area contributed by atoms with Gasteiger partial charge in [0.15, 0.2) is 0 Å². The van der Waals surface area contributed by atoms with Gasteiger partial charge in [-0.1, -0.05) is 18.6 Å². The fraction of sp³-hybridized carbons (Fsp3) is 0.562. The number of hydrogen-bond acceptors (Lipinski definition) is 3. The Hall–Kier alpha value is -1.55. The number of hydrogen-bond donors (Lipinski definition) is 1. The summed E-state index contributed by atoms with van der Waals surface area (Å²) in [7, 11) is 0. The van der Waals surface area contributed by atoms with Crippen LogP contribution < -0.4 is 4.74 Å². The standard InChI is InChI=1S/C16H23NO3/c1-3-20-14-9-7-13(8-10-14)16(2,15(18)19)17-11-5-4-6-12-17/h7-10H,3-6,11-12H2,1-2H3,(H,18,19). The van der Waals surface area contributed by atoms with Crippen LogP contribution in [0.4, 0.5) is 0 Å². The number of carboxylic acid groups (broad SMARTS) is 1. The zero-order chi connectivity index (χ0) is 14.6. The van der Waals surface area contributed by atoms with Crippen LogP contribution in [0.25, 0.3) is 0 Å². The van der Waals surface area contributed by atoms with Gasteiger partial charge in [0, 0.05) is 0 Å². The van der Waals surface area contributed by atoms with Gasteiger partial charge in [0.2, 0.25) is 0 Å². The van der Waals surface area contributed by atoms with Gasteiger partial charge in [0.1, 0.15) is 11.3 Å². The van der Waals surface area contributed by atoms with Crippen molar-refractivity contribution in [3.8, 4) is 5.75 Å². The highest BCUT2D eigenvalue weighted by Gasteiger charge is 2.41. The van der Waals surface area contributed by atoms with Crippen LogP contribution >= 0.6 is 0 Å². The molecule has 0 amide bonds. The van der Waals surface area contributed by atoms with Crippen molar-refractivity contribution < 1.29 is 14.6 Å². The molecule has 2 rings (SSSR count). The molecule has 0 radical (unpaired) electrons. The monoisotopic (exact) mass is 277 g/mol. The van der Waals surface area contributed by atoms with Gasteiger partial charge >= 0.3 is 5.97 Å². The molecule has 4 nitrogen and oxygen atoms in total. The molecule has 0 saturated carbocycles. The van der Waals surface area contributed by atoms with E-state index in [1.54, 1.807) is 6.92 Å². The van der Waals surface area contributed by atoms with Crippen LogP contribution in [0.15, 0.2) is 24.3 Å². The van der Waals surface area contributed by atoms with Gasteiger partial charge < -0.3 is 9.84 Å². The number of carboxylic acids is 1. The first-order chi connectivity index (χ1) is 9.59. The quantitative estimate of drug-likeness (QED) is 0.899. The summed E-state index contributed by atoms with van der Waals surface area (Å²) in [6.45, 7) is 6.03. The van der Waals surface area contributed by atoms with E-state index < -0.39 is 11.5 Å². The molecule has 0 spiro atoms. The number of likely N-dealkylation sites (tertiary alicyclic amines) is 1. The summed E-state index contributed by atoms with van der Waals surface area (Å²) >= 11 is 0. The Balaban J connectivity index is 2.29. The SMILES string of the molecule is CCOc1ccc(C(C)(C(=O)O)N2CCCCC2)cc1. The number of carbonyl (C=O) groups is 1. The van der Waals surface area contributed by atoms with Crippen molar-refractivity contribution in [1.82, 2.24) is 4.90 Å². The minimum absolute atomic E-state index is 0.613. The molecule has 1 unspecified atom stereocenters. The first-order valence-corrected chi connectivity index (χ1v) is 7.31. The van der Waals surface area contributed by atoms with E-state index in [1.807, 2.05) is 31.2 Å². The molecule has 1 saturated heterocycles. The highest BCUT2D eigenvalue weighted by molar-refractivity contribution is 5.80. The summed E-state index contributed by atoms with van der Waals surface area (Å²) < 4.78 is 5.42. The molecular formula is C16H23NO3. The summed E-state index contributed by atoms with van der Waals surface area (Å²) in [6.07, 6.45) is 3.33. The fourth-order valence-corrected chi connectivity index (χ4v) is 2.82. The Kier molecular flexibility index (Phi) is 4.65. The van der Waals surface area contributed by atoms with Crippen LogP contribution in [-0.4, -0.2) is 35.7 Å². The lowest BCUT2D eigenvalue weighted by molar-refractivity contribution is -0.152. The first kappa shape index (κ1) is 14.9. The third kappa shape index (κ3) is 2.80. The molecule has 20 heavy (non-hydrogen) atoms. The van der Waals surface area contributed by atoms with Gasteiger partial charge in [-0.25, -0.2) is 4.79 Å². The lowest BCUT2D eigenvalue weighted by Gasteiger charge is -2.40. The van der Waals surface area contributed by atoms with Crippen molar-refractivity contribution in [2.45, 2.75) is 38.6 Å². The van der Waals surface area contributed by atoms with Gasteiger partial charge in [-0.15, -0.1) is 0 Å². The Morgan fingerprint density at radius 3 is 2.35 bits per heavy atom. The number of nitrogens with zero attached hydrogens (tertiary/aromatic N) is 1. The van der Waals surface area contributed by atoms with Crippen LogP contribution in [0.1, 0.15) is 38.7 Å².